The second kappa shape index (κ2) is 8.22. The van der Waals surface area contributed by atoms with Gasteiger partial charge < -0.3 is 5.11 Å². The Morgan fingerprint density at radius 3 is 1.74 bits per heavy atom. The van der Waals surface area contributed by atoms with Crippen LogP contribution in [0, 0.1) is 22.7 Å². The largest absolute Gasteiger partial charge is 0.508 e. The lowest BCUT2D eigenvalue weighted by Gasteiger charge is -2.33. The van der Waals surface area contributed by atoms with Crippen molar-refractivity contribution in [1.82, 2.24) is 0 Å². The first-order chi connectivity index (χ1) is 10.5. The van der Waals surface area contributed by atoms with Gasteiger partial charge in [0.15, 0.2) is 0 Å². The predicted molar refractivity (Wildman–Crippen MR) is 102 cm³/mol. The molecule has 0 aliphatic carbocycles. The average Bonchev–Trinajstić information content (AvgIpc) is 2.41. The second-order valence-corrected chi connectivity index (χ2v) is 9.34. The van der Waals surface area contributed by atoms with E-state index in [-0.39, 0.29) is 0 Å². The molecule has 23 heavy (non-hydrogen) atoms. The van der Waals surface area contributed by atoms with Crippen LogP contribution in [0.1, 0.15) is 79.7 Å². The topological polar surface area (TPSA) is 20.2 Å². The zero-order valence-electron chi connectivity index (χ0n) is 16.4. The van der Waals surface area contributed by atoms with E-state index in [0.29, 0.717) is 22.5 Å². The van der Waals surface area contributed by atoms with Crippen molar-refractivity contribution in [1.29, 1.82) is 0 Å². The van der Waals surface area contributed by atoms with E-state index in [1.54, 1.807) is 0 Å². The van der Waals surface area contributed by atoms with Gasteiger partial charge >= 0.3 is 0 Å². The van der Waals surface area contributed by atoms with Crippen molar-refractivity contribution < 1.29 is 5.11 Å². The van der Waals surface area contributed by atoms with Gasteiger partial charge in [0.05, 0.1) is 0 Å². The van der Waals surface area contributed by atoms with Crippen molar-refractivity contribution in [2.75, 3.05) is 0 Å². The van der Waals surface area contributed by atoms with Crippen LogP contribution in [-0.4, -0.2) is 5.11 Å². The standard InChI is InChI=1S/C22H38O/c1-8-18(21(2,3)4)10-9-11-19(22(5,6)7)16-17-12-14-20(23)15-13-17/h12-15,18-19,23H,8-11,16H2,1-7H3. The van der Waals surface area contributed by atoms with Crippen molar-refractivity contribution in [2.45, 2.75) is 80.6 Å². The van der Waals surface area contributed by atoms with Crippen molar-refractivity contribution in [2.24, 2.45) is 22.7 Å². The number of hydrogen-bond acceptors (Lipinski definition) is 1. The summed E-state index contributed by atoms with van der Waals surface area (Å²) in [5.74, 6) is 1.86. The van der Waals surface area contributed by atoms with Crippen LogP contribution >= 0.6 is 0 Å². The smallest absolute Gasteiger partial charge is 0.115 e. The fourth-order valence-corrected chi connectivity index (χ4v) is 3.62. The molecule has 1 heteroatoms. The molecule has 1 aromatic carbocycles. The minimum absolute atomic E-state index is 0.321. The summed E-state index contributed by atoms with van der Waals surface area (Å²) in [5, 5.41) is 9.46. The fraction of sp³-hybridized carbons (Fsp3) is 0.727. The van der Waals surface area contributed by atoms with Gasteiger partial charge in [0, 0.05) is 0 Å². The molecule has 0 saturated heterocycles. The van der Waals surface area contributed by atoms with Gasteiger partial charge in [-0.25, -0.2) is 0 Å². The molecule has 1 nitrogen and oxygen atoms in total. The minimum Gasteiger partial charge on any atom is -0.508 e. The summed E-state index contributed by atoms with van der Waals surface area (Å²) in [6, 6.07) is 7.75. The van der Waals surface area contributed by atoms with Crippen molar-refractivity contribution >= 4 is 0 Å². The Balaban J connectivity index is 2.64. The van der Waals surface area contributed by atoms with Gasteiger partial charge in [-0.15, -0.1) is 0 Å². The third-order valence-electron chi connectivity index (χ3n) is 5.47. The SMILES string of the molecule is CCC(CCCC(Cc1ccc(O)cc1)C(C)(C)C)C(C)(C)C. The highest BCUT2D eigenvalue weighted by atomic mass is 16.3. The second-order valence-electron chi connectivity index (χ2n) is 9.34. The van der Waals surface area contributed by atoms with Crippen molar-refractivity contribution in [3.05, 3.63) is 29.8 Å². The molecular formula is C22H38O. The van der Waals surface area contributed by atoms with Crippen LogP contribution in [0.25, 0.3) is 0 Å². The fourth-order valence-electron chi connectivity index (χ4n) is 3.62. The molecule has 0 radical (unpaired) electrons. The lowest BCUT2D eigenvalue weighted by molar-refractivity contribution is 0.184. The highest BCUT2D eigenvalue weighted by Gasteiger charge is 2.26. The molecule has 0 bridgehead atoms. The Bertz CT molecular complexity index is 444. The van der Waals surface area contributed by atoms with Crippen LogP contribution in [0.5, 0.6) is 5.75 Å². The molecule has 2 atom stereocenters. The monoisotopic (exact) mass is 318 g/mol. The third kappa shape index (κ3) is 6.97. The summed E-state index contributed by atoms with van der Waals surface area (Å²) >= 11 is 0. The van der Waals surface area contributed by atoms with Crippen molar-refractivity contribution in [3.63, 3.8) is 0 Å². The lowest BCUT2D eigenvalue weighted by atomic mass is 9.72. The molecule has 0 fully saturated rings. The van der Waals surface area contributed by atoms with Gasteiger partial charge in [-0.2, -0.15) is 0 Å². The molecule has 1 N–H and O–H groups in total. The summed E-state index contributed by atoms with van der Waals surface area (Å²) in [7, 11) is 0. The number of hydrogen-bond donors (Lipinski definition) is 1. The van der Waals surface area contributed by atoms with E-state index in [4.69, 9.17) is 0 Å². The van der Waals surface area contributed by atoms with E-state index in [1.807, 2.05) is 12.1 Å². The van der Waals surface area contributed by atoms with E-state index in [0.717, 1.165) is 12.3 Å². The summed E-state index contributed by atoms with van der Waals surface area (Å²) in [5.41, 5.74) is 2.08. The molecule has 0 aliphatic heterocycles. The Kier molecular flexibility index (Phi) is 7.17. The molecular weight excluding hydrogens is 280 g/mol. The maximum Gasteiger partial charge on any atom is 0.115 e. The van der Waals surface area contributed by atoms with Crippen LogP contribution in [0.3, 0.4) is 0 Å². The maximum absolute atomic E-state index is 9.46. The van der Waals surface area contributed by atoms with Crippen LogP contribution in [-0.2, 0) is 6.42 Å². The predicted octanol–water partition coefficient (Wildman–Crippen LogP) is 6.84. The zero-order valence-corrected chi connectivity index (χ0v) is 16.4. The first-order valence-electron chi connectivity index (χ1n) is 9.32. The van der Waals surface area contributed by atoms with Gasteiger partial charge in [-0.3, -0.25) is 0 Å². The first kappa shape index (κ1) is 20.1. The first-order valence-corrected chi connectivity index (χ1v) is 9.32. The Morgan fingerprint density at radius 1 is 0.826 bits per heavy atom. The molecule has 132 valence electrons. The molecule has 2 unspecified atom stereocenters. The quantitative estimate of drug-likeness (QED) is 0.583. The molecule has 0 aliphatic rings. The Hall–Kier alpha value is -0.980. The summed E-state index contributed by atoms with van der Waals surface area (Å²) in [4.78, 5) is 0. The molecule has 0 amide bonds. The van der Waals surface area contributed by atoms with Crippen LogP contribution in [0.4, 0.5) is 0 Å². The number of phenols is 1. The van der Waals surface area contributed by atoms with E-state index < -0.39 is 0 Å². The number of rotatable bonds is 7. The van der Waals surface area contributed by atoms with Gasteiger partial charge in [-0.1, -0.05) is 73.4 Å². The van der Waals surface area contributed by atoms with E-state index in [2.05, 4.69) is 60.6 Å². The molecule has 0 aromatic heterocycles. The number of benzene rings is 1. The maximum atomic E-state index is 9.46. The van der Waals surface area contributed by atoms with Crippen molar-refractivity contribution in [3.8, 4) is 5.75 Å². The Labute approximate surface area is 144 Å². The summed E-state index contributed by atoms with van der Waals surface area (Å²) in [6.45, 7) is 16.5. The molecule has 0 heterocycles. The Morgan fingerprint density at radius 2 is 1.30 bits per heavy atom. The van der Waals surface area contributed by atoms with E-state index in [1.165, 1.54) is 31.2 Å². The molecule has 0 spiro atoms. The third-order valence-corrected chi connectivity index (χ3v) is 5.47. The van der Waals surface area contributed by atoms with Gasteiger partial charge in [0.25, 0.3) is 0 Å². The van der Waals surface area contributed by atoms with E-state index in [9.17, 15) is 5.11 Å². The molecule has 1 aromatic rings. The number of phenolic OH excluding ortho intramolecular Hbond substituents is 1. The van der Waals surface area contributed by atoms with E-state index >= 15 is 0 Å². The van der Waals surface area contributed by atoms with Crippen LogP contribution < -0.4 is 0 Å². The van der Waals surface area contributed by atoms with Gasteiger partial charge in [-0.05, 0) is 59.6 Å². The average molecular weight is 319 g/mol. The summed E-state index contributed by atoms with van der Waals surface area (Å²) < 4.78 is 0. The summed E-state index contributed by atoms with van der Waals surface area (Å²) in [6.07, 6.45) is 6.33. The molecule has 0 saturated carbocycles. The highest BCUT2D eigenvalue weighted by molar-refractivity contribution is 5.26. The van der Waals surface area contributed by atoms with Gasteiger partial charge in [0.2, 0.25) is 0 Å². The normalized spacial score (nSPS) is 15.4. The lowest BCUT2D eigenvalue weighted by Crippen LogP contribution is -2.24. The highest BCUT2D eigenvalue weighted by Crippen LogP contribution is 2.37. The minimum atomic E-state index is 0.321. The van der Waals surface area contributed by atoms with Crippen LogP contribution in [0.2, 0.25) is 0 Å². The zero-order chi connectivity index (χ0) is 17.7. The van der Waals surface area contributed by atoms with Gasteiger partial charge in [0.1, 0.15) is 5.75 Å². The van der Waals surface area contributed by atoms with Crippen LogP contribution in [0.15, 0.2) is 24.3 Å². The number of aromatic hydroxyl groups is 1. The molecule has 1 rings (SSSR count).